The van der Waals surface area contributed by atoms with Gasteiger partial charge in [0.15, 0.2) is 5.82 Å². The highest BCUT2D eigenvalue weighted by Gasteiger charge is 2.26. The molecule has 50 heavy (non-hydrogen) atoms. The highest BCUT2D eigenvalue weighted by Crippen LogP contribution is 2.29. The van der Waals surface area contributed by atoms with Crippen molar-refractivity contribution < 1.29 is 23.5 Å². The summed E-state index contributed by atoms with van der Waals surface area (Å²) < 4.78 is 25.4. The van der Waals surface area contributed by atoms with Gasteiger partial charge in [-0.1, -0.05) is 12.1 Å². The van der Waals surface area contributed by atoms with Crippen LogP contribution in [0, 0.1) is 5.82 Å². The minimum absolute atomic E-state index is 0.0848. The van der Waals surface area contributed by atoms with E-state index in [0.29, 0.717) is 49.7 Å². The minimum atomic E-state index is -0.338. The third kappa shape index (κ3) is 8.21. The van der Waals surface area contributed by atoms with Crippen LogP contribution < -0.4 is 10.1 Å². The van der Waals surface area contributed by atoms with E-state index < -0.39 is 0 Å². The SMILES string of the molecule is CC(C)Oc1ccc(-c2n[nH]c3ccc(NC=O)cc23)cn1.CO[C@H]1CCN(CC(=O)N2CC=C(c3ccc(-c4ncn[nH]4)c(F)c3)CC2)C1. The van der Waals surface area contributed by atoms with Gasteiger partial charge in [-0.15, -0.1) is 0 Å². The number of nitrogens with zero attached hydrogens (tertiary/aromatic N) is 6. The van der Waals surface area contributed by atoms with E-state index in [-0.39, 0.29) is 23.9 Å². The van der Waals surface area contributed by atoms with Gasteiger partial charge in [0, 0.05) is 62.2 Å². The number of ether oxygens (including phenoxy) is 2. The van der Waals surface area contributed by atoms with Crippen LogP contribution >= 0.6 is 0 Å². The average Bonchev–Trinajstić information content (AvgIpc) is 3.91. The molecule has 7 rings (SSSR count). The Bertz CT molecular complexity index is 1940. The van der Waals surface area contributed by atoms with Crippen molar-refractivity contribution in [2.24, 2.45) is 0 Å². The maximum Gasteiger partial charge on any atom is 0.237 e. The van der Waals surface area contributed by atoms with Gasteiger partial charge in [-0.2, -0.15) is 10.2 Å². The number of hydrogen-bond donors (Lipinski definition) is 3. The number of pyridine rings is 1. The number of benzene rings is 2. The molecule has 5 heterocycles. The Balaban J connectivity index is 0.000000178. The van der Waals surface area contributed by atoms with E-state index in [1.165, 1.54) is 12.4 Å². The van der Waals surface area contributed by atoms with E-state index in [0.717, 1.165) is 58.5 Å². The van der Waals surface area contributed by atoms with Crippen molar-refractivity contribution in [2.45, 2.75) is 38.9 Å². The molecule has 2 aliphatic rings. The maximum absolute atomic E-state index is 14.5. The van der Waals surface area contributed by atoms with Gasteiger partial charge in [-0.3, -0.25) is 24.7 Å². The van der Waals surface area contributed by atoms with E-state index in [4.69, 9.17) is 9.47 Å². The standard InChI is InChI=1S/C20H24FN5O2.C16H16N4O2/c1-28-16-6-7-25(11-16)12-19(27)26-8-4-14(5-9-26)15-2-3-17(18(21)10-15)20-22-13-23-24-20;1-10(2)22-15-6-3-11(8-17-15)16-13-7-12(18-9-21)4-5-14(13)19-20-16/h2-4,10,13,16H,5-9,11-12H2,1H3,(H,22,23,24);3-10H,1-2H3,(H,18,21)(H,19,20)/t16-;/m0./s1. The number of amides is 2. The highest BCUT2D eigenvalue weighted by molar-refractivity contribution is 5.95. The smallest absolute Gasteiger partial charge is 0.237 e. The molecule has 0 bridgehead atoms. The zero-order valence-corrected chi connectivity index (χ0v) is 28.2. The number of nitrogens with one attached hydrogen (secondary N) is 3. The number of halogens is 1. The molecular formula is C36H40FN9O4. The molecule has 0 aliphatic carbocycles. The molecule has 5 aromatic rings. The second kappa shape index (κ2) is 15.8. The molecule has 0 radical (unpaired) electrons. The fourth-order valence-electron chi connectivity index (χ4n) is 6.05. The van der Waals surface area contributed by atoms with Gasteiger partial charge in [0.1, 0.15) is 17.8 Å². The first kappa shape index (κ1) is 34.4. The van der Waals surface area contributed by atoms with Crippen LogP contribution in [-0.2, 0) is 14.3 Å². The van der Waals surface area contributed by atoms with E-state index >= 15 is 0 Å². The maximum atomic E-state index is 14.5. The monoisotopic (exact) mass is 681 g/mol. The number of aromatic nitrogens is 6. The zero-order chi connectivity index (χ0) is 35.0. The number of carbonyl (C=O) groups is 2. The van der Waals surface area contributed by atoms with Crippen molar-refractivity contribution in [3.8, 4) is 28.5 Å². The predicted molar refractivity (Wildman–Crippen MR) is 188 cm³/mol. The van der Waals surface area contributed by atoms with Crippen molar-refractivity contribution in [2.75, 3.05) is 45.2 Å². The number of rotatable bonds is 10. The summed E-state index contributed by atoms with van der Waals surface area (Å²) in [6.07, 6.45) is 7.77. The lowest BCUT2D eigenvalue weighted by Crippen LogP contribution is -2.41. The van der Waals surface area contributed by atoms with Crippen molar-refractivity contribution >= 4 is 34.5 Å². The summed E-state index contributed by atoms with van der Waals surface area (Å²) in [7, 11) is 1.72. The molecule has 2 amide bonds. The van der Waals surface area contributed by atoms with Crippen LogP contribution in [0.3, 0.4) is 0 Å². The molecule has 260 valence electrons. The molecule has 2 aromatic carbocycles. The van der Waals surface area contributed by atoms with Crippen LogP contribution in [0.2, 0.25) is 0 Å². The summed E-state index contributed by atoms with van der Waals surface area (Å²) in [6.45, 7) is 7.27. The van der Waals surface area contributed by atoms with Gasteiger partial charge in [0.05, 0.1) is 29.8 Å². The topological polar surface area (TPSA) is 154 Å². The molecule has 13 nitrogen and oxygen atoms in total. The van der Waals surface area contributed by atoms with Crippen LogP contribution in [0.4, 0.5) is 10.1 Å². The Labute approximate surface area is 288 Å². The lowest BCUT2D eigenvalue weighted by Gasteiger charge is -2.28. The first-order chi connectivity index (χ1) is 24.3. The number of hydrogen-bond acceptors (Lipinski definition) is 9. The molecule has 1 saturated heterocycles. The number of likely N-dealkylation sites (tertiary alicyclic amines) is 1. The second-order valence-corrected chi connectivity index (χ2v) is 12.4. The molecule has 1 atom stereocenters. The van der Waals surface area contributed by atoms with Crippen LogP contribution in [0.15, 0.2) is 67.1 Å². The number of anilines is 1. The summed E-state index contributed by atoms with van der Waals surface area (Å²) in [6, 6.07) is 14.4. The van der Waals surface area contributed by atoms with Crippen molar-refractivity contribution in [1.29, 1.82) is 0 Å². The van der Waals surface area contributed by atoms with Crippen molar-refractivity contribution in [3.63, 3.8) is 0 Å². The van der Waals surface area contributed by atoms with Gasteiger partial charge in [0.25, 0.3) is 0 Å². The van der Waals surface area contributed by atoms with Crippen LogP contribution in [-0.4, -0.2) is 105 Å². The molecule has 3 aromatic heterocycles. The van der Waals surface area contributed by atoms with E-state index in [9.17, 15) is 14.0 Å². The summed E-state index contributed by atoms with van der Waals surface area (Å²) >= 11 is 0. The third-order valence-corrected chi connectivity index (χ3v) is 8.65. The Morgan fingerprint density at radius 1 is 1.10 bits per heavy atom. The molecule has 2 aliphatic heterocycles. The number of fused-ring (bicyclic) bond motifs is 1. The summed E-state index contributed by atoms with van der Waals surface area (Å²) in [4.78, 5) is 35.4. The first-order valence-electron chi connectivity index (χ1n) is 16.5. The normalized spacial score (nSPS) is 16.2. The summed E-state index contributed by atoms with van der Waals surface area (Å²) in [5.41, 5.74) is 5.59. The van der Waals surface area contributed by atoms with Gasteiger partial charge in [-0.25, -0.2) is 14.4 Å². The van der Waals surface area contributed by atoms with Gasteiger partial charge in [-0.05, 0) is 74.2 Å². The van der Waals surface area contributed by atoms with Crippen LogP contribution in [0.1, 0.15) is 32.3 Å². The lowest BCUT2D eigenvalue weighted by atomic mass is 9.98. The zero-order valence-electron chi connectivity index (χ0n) is 28.2. The quantitative estimate of drug-likeness (QED) is 0.174. The number of aromatic amines is 2. The van der Waals surface area contributed by atoms with E-state index in [1.54, 1.807) is 19.4 Å². The molecule has 0 unspecified atom stereocenters. The van der Waals surface area contributed by atoms with E-state index in [1.807, 2.05) is 61.2 Å². The van der Waals surface area contributed by atoms with Gasteiger partial charge in [0.2, 0.25) is 18.2 Å². The molecular weight excluding hydrogens is 641 g/mol. The number of carbonyl (C=O) groups excluding carboxylic acids is 2. The van der Waals surface area contributed by atoms with Gasteiger partial charge >= 0.3 is 0 Å². The highest BCUT2D eigenvalue weighted by atomic mass is 19.1. The summed E-state index contributed by atoms with van der Waals surface area (Å²) in [5.74, 6) is 0.798. The predicted octanol–water partition coefficient (Wildman–Crippen LogP) is 4.93. The molecule has 3 N–H and O–H groups in total. The van der Waals surface area contributed by atoms with Crippen LogP contribution in [0.25, 0.3) is 39.1 Å². The Morgan fingerprint density at radius 3 is 2.62 bits per heavy atom. The number of H-pyrrole nitrogens is 2. The van der Waals surface area contributed by atoms with Crippen LogP contribution in [0.5, 0.6) is 5.88 Å². The fraction of sp³-hybridized carbons (Fsp3) is 0.333. The Morgan fingerprint density at radius 2 is 1.96 bits per heavy atom. The minimum Gasteiger partial charge on any atom is -0.475 e. The Kier molecular flexibility index (Phi) is 10.9. The average molecular weight is 682 g/mol. The van der Waals surface area contributed by atoms with Gasteiger partial charge < -0.3 is 19.7 Å². The molecule has 14 heteroatoms. The van der Waals surface area contributed by atoms with E-state index in [2.05, 4.69) is 40.6 Å². The fourth-order valence-corrected chi connectivity index (χ4v) is 6.05. The second-order valence-electron chi connectivity index (χ2n) is 12.4. The first-order valence-corrected chi connectivity index (χ1v) is 16.5. The largest absolute Gasteiger partial charge is 0.475 e. The van der Waals surface area contributed by atoms with Crippen molar-refractivity contribution in [1.82, 2.24) is 40.2 Å². The summed E-state index contributed by atoms with van der Waals surface area (Å²) in [5, 5.41) is 17.3. The molecule has 1 fully saturated rings. The Hall–Kier alpha value is -5.47. The molecule has 0 spiro atoms. The lowest BCUT2D eigenvalue weighted by molar-refractivity contribution is -0.131. The molecule has 0 saturated carbocycles. The van der Waals surface area contributed by atoms with Crippen molar-refractivity contribution in [3.05, 3.63) is 78.5 Å². The number of methoxy groups -OCH3 is 1. The third-order valence-electron chi connectivity index (χ3n) is 8.65.